The second-order valence-electron chi connectivity index (χ2n) is 6.31. The first-order valence-electron chi connectivity index (χ1n) is 8.86. The van der Waals surface area contributed by atoms with Gasteiger partial charge in [0, 0.05) is 17.0 Å². The molecule has 160 valence electrons. The van der Waals surface area contributed by atoms with E-state index in [1.807, 2.05) is 5.32 Å². The van der Waals surface area contributed by atoms with Crippen molar-refractivity contribution in [3.8, 4) is 5.75 Å². The number of carbonyl (C=O) groups is 3. The molecule has 0 bridgehead atoms. The lowest BCUT2D eigenvalue weighted by molar-refractivity contribution is -0.123. The lowest BCUT2D eigenvalue weighted by atomic mass is 10.1. The van der Waals surface area contributed by atoms with Gasteiger partial charge >= 0.3 is 12.6 Å². The summed E-state index contributed by atoms with van der Waals surface area (Å²) in [6.07, 6.45) is 0. The van der Waals surface area contributed by atoms with Gasteiger partial charge < -0.3 is 9.47 Å². The van der Waals surface area contributed by atoms with Crippen molar-refractivity contribution in [1.29, 1.82) is 0 Å². The van der Waals surface area contributed by atoms with E-state index in [4.69, 9.17) is 4.74 Å². The Morgan fingerprint density at radius 2 is 1.77 bits per heavy atom. The van der Waals surface area contributed by atoms with Crippen molar-refractivity contribution in [2.45, 2.75) is 13.5 Å². The number of nitrogens with zero attached hydrogens (tertiary/aromatic N) is 1. The molecule has 0 unspecified atom stereocenters. The van der Waals surface area contributed by atoms with Gasteiger partial charge in [0.2, 0.25) is 0 Å². The number of nitrogens with one attached hydrogen (secondary N) is 1. The molecule has 1 aromatic heterocycles. The van der Waals surface area contributed by atoms with Crippen LogP contribution in [0.1, 0.15) is 26.4 Å². The number of aryl methyl sites for hydroxylation is 1. The number of alkyl halides is 2. The van der Waals surface area contributed by atoms with E-state index in [9.17, 15) is 27.6 Å². The Morgan fingerprint density at radius 3 is 2.45 bits per heavy atom. The molecule has 0 aliphatic heterocycles. The van der Waals surface area contributed by atoms with Gasteiger partial charge in [0.15, 0.2) is 6.61 Å². The number of benzene rings is 2. The van der Waals surface area contributed by atoms with Crippen molar-refractivity contribution >= 4 is 28.7 Å². The Labute approximate surface area is 173 Å². The van der Waals surface area contributed by atoms with Crippen LogP contribution in [0.3, 0.4) is 0 Å². The van der Waals surface area contributed by atoms with Gasteiger partial charge in [-0.05, 0) is 49.4 Å². The third kappa shape index (κ3) is 5.56. The first-order valence-corrected chi connectivity index (χ1v) is 8.86. The van der Waals surface area contributed by atoms with E-state index in [2.05, 4.69) is 9.72 Å². The number of pyridine rings is 1. The normalized spacial score (nSPS) is 10.7. The maximum absolute atomic E-state index is 13.3. The topological polar surface area (TPSA) is 94.6 Å². The summed E-state index contributed by atoms with van der Waals surface area (Å²) in [5.41, 5.74) is 0.754. The SMILES string of the molecule is Cc1nc2cc(F)ccc2cc1C(=O)OCC(=O)NC(=O)c1ccc(OC(F)F)cc1. The molecule has 0 saturated carbocycles. The number of rotatable bonds is 6. The smallest absolute Gasteiger partial charge is 0.387 e. The first kappa shape index (κ1) is 21.8. The minimum Gasteiger partial charge on any atom is -0.452 e. The van der Waals surface area contributed by atoms with Gasteiger partial charge in [-0.3, -0.25) is 19.9 Å². The fourth-order valence-electron chi connectivity index (χ4n) is 2.67. The maximum atomic E-state index is 13.3. The Morgan fingerprint density at radius 1 is 1.06 bits per heavy atom. The van der Waals surface area contributed by atoms with E-state index < -0.39 is 36.8 Å². The van der Waals surface area contributed by atoms with Crippen LogP contribution in [0.2, 0.25) is 0 Å². The summed E-state index contributed by atoms with van der Waals surface area (Å²) in [4.78, 5) is 40.4. The first-order chi connectivity index (χ1) is 14.7. The predicted octanol–water partition coefficient (Wildman–Crippen LogP) is 3.40. The fraction of sp³-hybridized carbons (Fsp3) is 0.143. The van der Waals surface area contributed by atoms with E-state index >= 15 is 0 Å². The quantitative estimate of drug-likeness (QED) is 0.600. The molecule has 0 radical (unpaired) electrons. The van der Waals surface area contributed by atoms with Crippen molar-refractivity contribution in [3.63, 3.8) is 0 Å². The molecule has 10 heteroatoms. The summed E-state index contributed by atoms with van der Waals surface area (Å²) in [6, 6.07) is 10.0. The van der Waals surface area contributed by atoms with Gasteiger partial charge in [-0.25, -0.2) is 9.18 Å². The van der Waals surface area contributed by atoms with E-state index in [0.29, 0.717) is 10.9 Å². The van der Waals surface area contributed by atoms with Crippen LogP contribution in [0.5, 0.6) is 5.75 Å². The van der Waals surface area contributed by atoms with Gasteiger partial charge in [0.05, 0.1) is 16.8 Å². The van der Waals surface area contributed by atoms with Gasteiger partial charge in [0.1, 0.15) is 11.6 Å². The molecule has 1 N–H and O–H groups in total. The second-order valence-corrected chi connectivity index (χ2v) is 6.31. The molecule has 0 aliphatic carbocycles. The summed E-state index contributed by atoms with van der Waals surface area (Å²) >= 11 is 0. The van der Waals surface area contributed by atoms with Gasteiger partial charge in [-0.2, -0.15) is 8.78 Å². The zero-order valence-corrected chi connectivity index (χ0v) is 16.0. The highest BCUT2D eigenvalue weighted by Gasteiger charge is 2.17. The summed E-state index contributed by atoms with van der Waals surface area (Å²) < 4.78 is 46.7. The Kier molecular flexibility index (Phi) is 6.49. The number of fused-ring (bicyclic) bond motifs is 1. The number of hydrogen-bond acceptors (Lipinski definition) is 6. The number of hydrogen-bond donors (Lipinski definition) is 1. The average molecular weight is 432 g/mol. The van der Waals surface area contributed by atoms with E-state index in [-0.39, 0.29) is 22.6 Å². The fourth-order valence-corrected chi connectivity index (χ4v) is 2.67. The Bertz CT molecular complexity index is 1150. The van der Waals surface area contributed by atoms with Crippen molar-refractivity contribution in [2.24, 2.45) is 0 Å². The van der Waals surface area contributed by atoms with E-state index in [0.717, 1.165) is 12.1 Å². The molecule has 3 rings (SSSR count). The zero-order valence-electron chi connectivity index (χ0n) is 16.0. The molecule has 7 nitrogen and oxygen atoms in total. The van der Waals surface area contributed by atoms with Crippen molar-refractivity contribution in [3.05, 3.63) is 71.2 Å². The van der Waals surface area contributed by atoms with Crippen LogP contribution >= 0.6 is 0 Å². The highest BCUT2D eigenvalue weighted by molar-refractivity contribution is 6.05. The predicted molar refractivity (Wildman–Crippen MR) is 102 cm³/mol. The molecule has 1 heterocycles. The molecule has 2 aromatic carbocycles. The van der Waals surface area contributed by atoms with Crippen LogP contribution in [0.25, 0.3) is 10.9 Å². The standard InChI is InChI=1S/C21H15F3N2O5/c1-11-16(8-13-2-5-14(22)9-17(13)25-11)20(29)30-10-18(27)26-19(28)12-3-6-15(7-4-12)31-21(23)24/h2-9,21H,10H2,1H3,(H,26,27,28). The number of carbonyl (C=O) groups excluding carboxylic acids is 3. The number of amides is 2. The number of halogens is 3. The van der Waals surface area contributed by atoms with Crippen LogP contribution < -0.4 is 10.1 Å². The molecule has 31 heavy (non-hydrogen) atoms. The highest BCUT2D eigenvalue weighted by Crippen LogP contribution is 2.18. The minimum atomic E-state index is -3.00. The molecule has 0 fully saturated rings. The summed E-state index contributed by atoms with van der Waals surface area (Å²) in [5.74, 6) is -3.15. The molecular formula is C21H15F3N2O5. The molecule has 0 aliphatic rings. The van der Waals surface area contributed by atoms with Crippen LogP contribution in [0, 0.1) is 12.7 Å². The van der Waals surface area contributed by atoms with Crippen LogP contribution in [-0.2, 0) is 9.53 Å². The van der Waals surface area contributed by atoms with Crippen molar-refractivity contribution in [1.82, 2.24) is 10.3 Å². The average Bonchev–Trinajstić information content (AvgIpc) is 2.71. The lowest BCUT2D eigenvalue weighted by Gasteiger charge is -2.09. The van der Waals surface area contributed by atoms with Gasteiger partial charge in [0.25, 0.3) is 11.8 Å². The molecule has 0 spiro atoms. The van der Waals surface area contributed by atoms with Crippen molar-refractivity contribution < 1.29 is 37.0 Å². The second kappa shape index (κ2) is 9.24. The maximum Gasteiger partial charge on any atom is 0.387 e. The third-order valence-electron chi connectivity index (χ3n) is 4.12. The molecular weight excluding hydrogens is 417 g/mol. The number of esters is 1. The molecule has 0 saturated heterocycles. The highest BCUT2D eigenvalue weighted by atomic mass is 19.3. The van der Waals surface area contributed by atoms with Gasteiger partial charge in [-0.15, -0.1) is 0 Å². The number of ether oxygens (including phenoxy) is 2. The largest absolute Gasteiger partial charge is 0.452 e. The Balaban J connectivity index is 1.58. The lowest BCUT2D eigenvalue weighted by Crippen LogP contribution is -2.34. The third-order valence-corrected chi connectivity index (χ3v) is 4.12. The minimum absolute atomic E-state index is 0.0168. The number of imide groups is 1. The Hall–Kier alpha value is -3.95. The zero-order chi connectivity index (χ0) is 22.5. The van der Waals surface area contributed by atoms with Crippen LogP contribution in [0.4, 0.5) is 13.2 Å². The monoisotopic (exact) mass is 432 g/mol. The van der Waals surface area contributed by atoms with Gasteiger partial charge in [-0.1, -0.05) is 0 Å². The van der Waals surface area contributed by atoms with E-state index in [1.165, 1.54) is 43.3 Å². The van der Waals surface area contributed by atoms with Crippen LogP contribution in [0.15, 0.2) is 48.5 Å². The van der Waals surface area contributed by atoms with Crippen LogP contribution in [-0.4, -0.2) is 36.0 Å². The molecule has 0 atom stereocenters. The van der Waals surface area contributed by atoms with Crippen molar-refractivity contribution in [2.75, 3.05) is 6.61 Å². The van der Waals surface area contributed by atoms with E-state index in [1.54, 1.807) is 0 Å². The molecule has 2 amide bonds. The summed E-state index contributed by atoms with van der Waals surface area (Å²) in [7, 11) is 0. The summed E-state index contributed by atoms with van der Waals surface area (Å²) in [6.45, 7) is -2.21. The molecule has 3 aromatic rings. The summed E-state index contributed by atoms with van der Waals surface area (Å²) in [5, 5.41) is 2.52. The number of aromatic nitrogens is 1.